The second-order valence-electron chi connectivity index (χ2n) is 7.84. The van der Waals surface area contributed by atoms with Crippen molar-refractivity contribution in [3.63, 3.8) is 0 Å². The highest BCUT2D eigenvalue weighted by Gasteiger charge is 2.41. The van der Waals surface area contributed by atoms with Crippen molar-refractivity contribution in [2.45, 2.75) is 31.8 Å². The summed E-state index contributed by atoms with van der Waals surface area (Å²) in [5, 5.41) is 10.5. The molecular weight excluding hydrogens is 433 g/mol. The maximum absolute atomic E-state index is 14.6. The van der Waals surface area contributed by atoms with Crippen LogP contribution in [0.25, 0.3) is 0 Å². The first kappa shape index (κ1) is 21.8. The molecule has 1 aliphatic carbocycles. The Morgan fingerprint density at radius 2 is 2.00 bits per heavy atom. The number of halogens is 2. The lowest BCUT2D eigenvalue weighted by Crippen LogP contribution is -2.43. The fraction of sp³-hybridized carbons (Fsp3) is 0.208. The Kier molecular flexibility index (Phi) is 5.84. The van der Waals surface area contributed by atoms with Gasteiger partial charge in [-0.2, -0.15) is 0 Å². The maximum atomic E-state index is 14.6. The first-order chi connectivity index (χ1) is 15.3. The molecule has 1 aromatic heterocycles. The molecule has 0 saturated heterocycles. The number of pyridine rings is 1. The molecule has 0 spiro atoms. The molecule has 3 aromatic rings. The lowest BCUT2D eigenvalue weighted by atomic mass is 9.98. The van der Waals surface area contributed by atoms with Crippen LogP contribution in [0.3, 0.4) is 0 Å². The number of amides is 2. The second kappa shape index (κ2) is 8.59. The van der Waals surface area contributed by atoms with Crippen LogP contribution in [0.1, 0.15) is 51.1 Å². The van der Waals surface area contributed by atoms with Crippen molar-refractivity contribution >= 4 is 23.4 Å². The zero-order valence-corrected chi connectivity index (χ0v) is 18.0. The highest BCUT2D eigenvalue weighted by atomic mass is 35.5. The van der Waals surface area contributed by atoms with E-state index in [1.54, 1.807) is 30.5 Å². The standard InChI is InChI=1S/C24H21ClFN3O3/c1-13-8-14(12-28-11-13)22(23(27)31)29(24(32)17-4-2-3-5-21(17)30)20-7-6-16-18(20)9-15(25)10-19(16)26/h2-5,8-12,20,22,30H,6-7H2,1H3,(H2,27,31)/t20-,22?/m1/s1. The van der Waals surface area contributed by atoms with E-state index in [0.717, 1.165) is 5.56 Å². The van der Waals surface area contributed by atoms with E-state index in [0.29, 0.717) is 29.5 Å². The maximum Gasteiger partial charge on any atom is 0.259 e. The zero-order chi connectivity index (χ0) is 23.0. The van der Waals surface area contributed by atoms with E-state index in [1.807, 2.05) is 6.92 Å². The van der Waals surface area contributed by atoms with E-state index in [9.17, 15) is 19.1 Å². The normalized spacial score (nSPS) is 15.8. The molecule has 1 aliphatic rings. The molecule has 0 saturated carbocycles. The molecular formula is C24H21ClFN3O3. The molecule has 32 heavy (non-hydrogen) atoms. The summed E-state index contributed by atoms with van der Waals surface area (Å²) in [7, 11) is 0. The van der Waals surface area contributed by atoms with Crippen molar-refractivity contribution in [1.82, 2.24) is 9.88 Å². The molecule has 4 rings (SSSR count). The number of phenols is 1. The van der Waals surface area contributed by atoms with Gasteiger partial charge < -0.3 is 15.7 Å². The molecule has 3 N–H and O–H groups in total. The highest BCUT2D eigenvalue weighted by Crippen LogP contribution is 2.43. The van der Waals surface area contributed by atoms with Crippen LogP contribution in [-0.4, -0.2) is 26.8 Å². The minimum absolute atomic E-state index is 0.00955. The molecule has 8 heteroatoms. The number of aryl methyl sites for hydroxylation is 1. The van der Waals surface area contributed by atoms with Gasteiger partial charge in [-0.1, -0.05) is 29.8 Å². The molecule has 2 aromatic carbocycles. The summed E-state index contributed by atoms with van der Waals surface area (Å²) in [6.07, 6.45) is 3.83. The summed E-state index contributed by atoms with van der Waals surface area (Å²) in [4.78, 5) is 31.9. The fourth-order valence-corrected chi connectivity index (χ4v) is 4.55. The summed E-state index contributed by atoms with van der Waals surface area (Å²) in [6, 6.07) is 8.75. The first-order valence-corrected chi connectivity index (χ1v) is 10.4. The number of rotatable bonds is 5. The lowest BCUT2D eigenvalue weighted by Gasteiger charge is -2.36. The predicted octanol–water partition coefficient (Wildman–Crippen LogP) is 4.24. The van der Waals surface area contributed by atoms with E-state index >= 15 is 0 Å². The Labute approximate surface area is 189 Å². The Morgan fingerprint density at radius 1 is 1.25 bits per heavy atom. The largest absolute Gasteiger partial charge is 0.507 e. The van der Waals surface area contributed by atoms with Crippen molar-refractivity contribution in [3.8, 4) is 5.75 Å². The van der Waals surface area contributed by atoms with Gasteiger partial charge in [0.15, 0.2) is 0 Å². The number of phenolic OH excluding ortho intramolecular Hbond substituents is 1. The van der Waals surface area contributed by atoms with Crippen molar-refractivity contribution in [3.05, 3.63) is 93.5 Å². The molecule has 1 heterocycles. The van der Waals surface area contributed by atoms with Crippen molar-refractivity contribution in [2.75, 3.05) is 0 Å². The molecule has 0 fully saturated rings. The van der Waals surface area contributed by atoms with Crippen molar-refractivity contribution < 1.29 is 19.1 Å². The molecule has 2 amide bonds. The first-order valence-electron chi connectivity index (χ1n) is 10.1. The number of primary amides is 1. The van der Waals surface area contributed by atoms with Gasteiger partial charge in [-0.05, 0) is 60.7 Å². The Hall–Kier alpha value is -3.45. The Morgan fingerprint density at radius 3 is 2.69 bits per heavy atom. The van der Waals surface area contributed by atoms with E-state index < -0.39 is 29.7 Å². The fourth-order valence-electron chi connectivity index (χ4n) is 4.33. The molecule has 0 bridgehead atoms. The number of hydrogen-bond acceptors (Lipinski definition) is 4. The monoisotopic (exact) mass is 453 g/mol. The van der Waals surface area contributed by atoms with Crippen LogP contribution < -0.4 is 5.73 Å². The molecule has 164 valence electrons. The smallest absolute Gasteiger partial charge is 0.259 e. The number of carbonyl (C=O) groups is 2. The Balaban J connectivity index is 1.91. The van der Waals surface area contributed by atoms with Crippen LogP contribution >= 0.6 is 11.6 Å². The van der Waals surface area contributed by atoms with Gasteiger partial charge in [0, 0.05) is 23.0 Å². The summed E-state index contributed by atoms with van der Waals surface area (Å²) < 4.78 is 14.6. The summed E-state index contributed by atoms with van der Waals surface area (Å²) in [5.74, 6) is -2.06. The predicted molar refractivity (Wildman–Crippen MR) is 118 cm³/mol. The van der Waals surface area contributed by atoms with Crippen LogP contribution in [0.2, 0.25) is 5.02 Å². The number of hydrogen-bond donors (Lipinski definition) is 2. The number of nitrogens with two attached hydrogens (primary N) is 1. The summed E-state index contributed by atoms with van der Waals surface area (Å²) in [6.45, 7) is 1.81. The minimum Gasteiger partial charge on any atom is -0.507 e. The average Bonchev–Trinajstić information content (AvgIpc) is 3.15. The van der Waals surface area contributed by atoms with Gasteiger partial charge in [0.25, 0.3) is 5.91 Å². The number of para-hydroxylation sites is 1. The van der Waals surface area contributed by atoms with Crippen LogP contribution in [0, 0.1) is 12.7 Å². The van der Waals surface area contributed by atoms with Gasteiger partial charge >= 0.3 is 0 Å². The van der Waals surface area contributed by atoms with Crippen LogP contribution in [0.4, 0.5) is 4.39 Å². The Bertz CT molecular complexity index is 1220. The van der Waals surface area contributed by atoms with Crippen molar-refractivity contribution in [1.29, 1.82) is 0 Å². The second-order valence-corrected chi connectivity index (χ2v) is 8.28. The number of benzene rings is 2. The SMILES string of the molecule is Cc1cncc(C(C(N)=O)N(C(=O)c2ccccc2O)[C@@H]2CCc3c(F)cc(Cl)cc32)c1. The van der Waals surface area contributed by atoms with E-state index in [1.165, 1.54) is 29.3 Å². The molecule has 2 atom stereocenters. The molecule has 1 unspecified atom stereocenters. The quantitative estimate of drug-likeness (QED) is 0.603. The summed E-state index contributed by atoms with van der Waals surface area (Å²) >= 11 is 6.12. The number of aromatic hydroxyl groups is 1. The third-order valence-electron chi connectivity index (χ3n) is 5.69. The van der Waals surface area contributed by atoms with Gasteiger partial charge in [-0.25, -0.2) is 4.39 Å². The van der Waals surface area contributed by atoms with Gasteiger partial charge in [-0.3, -0.25) is 14.6 Å². The van der Waals surface area contributed by atoms with E-state index in [4.69, 9.17) is 17.3 Å². The number of carbonyl (C=O) groups excluding carboxylic acids is 2. The average molecular weight is 454 g/mol. The number of fused-ring (bicyclic) bond motifs is 1. The van der Waals surface area contributed by atoms with Crippen LogP contribution in [-0.2, 0) is 11.2 Å². The third kappa shape index (κ3) is 3.91. The number of nitrogens with zero attached hydrogens (tertiary/aromatic N) is 2. The van der Waals surface area contributed by atoms with Gasteiger partial charge in [0.1, 0.15) is 17.6 Å². The van der Waals surface area contributed by atoms with E-state index in [2.05, 4.69) is 4.98 Å². The molecule has 6 nitrogen and oxygen atoms in total. The van der Waals surface area contributed by atoms with Gasteiger partial charge in [-0.15, -0.1) is 0 Å². The van der Waals surface area contributed by atoms with Gasteiger partial charge in [0.05, 0.1) is 11.6 Å². The lowest BCUT2D eigenvalue weighted by molar-refractivity contribution is -0.123. The van der Waals surface area contributed by atoms with Crippen LogP contribution in [0.15, 0.2) is 54.9 Å². The van der Waals surface area contributed by atoms with Crippen molar-refractivity contribution in [2.24, 2.45) is 5.73 Å². The van der Waals surface area contributed by atoms with E-state index in [-0.39, 0.29) is 16.3 Å². The minimum atomic E-state index is -1.19. The topological polar surface area (TPSA) is 96.5 Å². The summed E-state index contributed by atoms with van der Waals surface area (Å²) in [5.41, 5.74) is 7.98. The third-order valence-corrected chi connectivity index (χ3v) is 5.90. The molecule has 0 aliphatic heterocycles. The molecule has 0 radical (unpaired) electrons. The van der Waals surface area contributed by atoms with Gasteiger partial charge in [0.2, 0.25) is 5.91 Å². The zero-order valence-electron chi connectivity index (χ0n) is 17.3. The number of aromatic nitrogens is 1. The highest BCUT2D eigenvalue weighted by molar-refractivity contribution is 6.30. The van der Waals surface area contributed by atoms with Crippen LogP contribution in [0.5, 0.6) is 5.75 Å².